The fraction of sp³-hybridized carbons (Fsp3) is 0.304. The molecule has 0 aliphatic carbocycles. The molecule has 0 bridgehead atoms. The Bertz CT molecular complexity index is 1260. The van der Waals surface area contributed by atoms with Crippen molar-refractivity contribution in [1.82, 2.24) is 15.0 Å². The van der Waals surface area contributed by atoms with E-state index < -0.39 is 12.8 Å². The van der Waals surface area contributed by atoms with Gasteiger partial charge in [0.25, 0.3) is 5.89 Å². The summed E-state index contributed by atoms with van der Waals surface area (Å²) >= 11 is 0. The lowest BCUT2D eigenvalue weighted by atomic mass is 10.00. The fourth-order valence-electron chi connectivity index (χ4n) is 3.74. The third kappa shape index (κ3) is 6.09. The highest BCUT2D eigenvalue weighted by atomic mass is 35.5. The quantitative estimate of drug-likeness (QED) is 0.561. The lowest BCUT2D eigenvalue weighted by Crippen LogP contribution is -2.37. The Morgan fingerprint density at radius 1 is 1.14 bits per heavy atom. The van der Waals surface area contributed by atoms with Crippen molar-refractivity contribution in [3.8, 4) is 34.7 Å². The summed E-state index contributed by atoms with van der Waals surface area (Å²) in [6, 6.07) is 11.7. The number of hydrogen-bond donors (Lipinski definition) is 1. The van der Waals surface area contributed by atoms with Crippen LogP contribution in [0, 0.1) is 11.3 Å². The third-order valence-electron chi connectivity index (χ3n) is 5.46. The molecule has 12 heteroatoms. The molecule has 1 aromatic heterocycles. The number of benzene rings is 2. The molecule has 2 N–H and O–H groups in total. The normalized spacial score (nSPS) is 13.3. The molecule has 0 fully saturated rings. The van der Waals surface area contributed by atoms with Crippen molar-refractivity contribution in [3.05, 3.63) is 53.1 Å². The van der Waals surface area contributed by atoms with Gasteiger partial charge in [0.1, 0.15) is 11.8 Å². The molecule has 184 valence electrons. The lowest BCUT2D eigenvalue weighted by molar-refractivity contribution is -0.153. The second kappa shape index (κ2) is 10.8. The molecule has 0 atom stereocenters. The zero-order valence-electron chi connectivity index (χ0n) is 18.3. The second-order valence-electron chi connectivity index (χ2n) is 7.72. The van der Waals surface area contributed by atoms with Crippen molar-refractivity contribution in [2.75, 3.05) is 26.2 Å². The minimum absolute atomic E-state index is 0. The number of nitrogens with two attached hydrogens (primary N) is 1. The Balaban J connectivity index is 0.00000342. The van der Waals surface area contributed by atoms with Gasteiger partial charge in [0.05, 0.1) is 12.1 Å². The Kier molecular flexibility index (Phi) is 7.99. The minimum atomic E-state index is -4.51. The van der Waals surface area contributed by atoms with E-state index >= 15 is 0 Å². The molecule has 3 aromatic rings. The van der Waals surface area contributed by atoms with E-state index in [1.54, 1.807) is 4.90 Å². The van der Waals surface area contributed by atoms with E-state index in [1.165, 1.54) is 18.2 Å². The summed E-state index contributed by atoms with van der Waals surface area (Å²) in [6.07, 6.45) is -3.12. The average molecular weight is 508 g/mol. The molecule has 2 aromatic carbocycles. The number of nitrogens with zero attached hydrogens (tertiary/aromatic N) is 4. The summed E-state index contributed by atoms with van der Waals surface area (Å²) < 4.78 is 47.3. The van der Waals surface area contributed by atoms with Gasteiger partial charge in [0.15, 0.2) is 6.61 Å². The van der Waals surface area contributed by atoms with Crippen LogP contribution in [0.1, 0.15) is 16.7 Å². The van der Waals surface area contributed by atoms with Gasteiger partial charge in [-0.25, -0.2) is 0 Å². The summed E-state index contributed by atoms with van der Waals surface area (Å²) in [4.78, 5) is 18.1. The minimum Gasteiger partial charge on any atom is -0.483 e. The number of ether oxygens (including phenoxy) is 1. The van der Waals surface area contributed by atoms with Crippen LogP contribution in [0.2, 0.25) is 0 Å². The molecule has 0 spiro atoms. The number of carbonyl (C=O) groups excluding carboxylic acids is 1. The van der Waals surface area contributed by atoms with Gasteiger partial charge in [-0.05, 0) is 48.2 Å². The van der Waals surface area contributed by atoms with Crippen LogP contribution in [0.4, 0.5) is 13.2 Å². The number of nitriles is 1. The van der Waals surface area contributed by atoms with Gasteiger partial charge in [-0.15, -0.1) is 12.4 Å². The zero-order chi connectivity index (χ0) is 24.3. The molecule has 1 aliphatic heterocycles. The topological polar surface area (TPSA) is 118 Å². The van der Waals surface area contributed by atoms with E-state index in [4.69, 9.17) is 15.0 Å². The number of hydrogen-bond acceptors (Lipinski definition) is 7. The SMILES string of the molecule is Cl.N#Cc1cc(-c2nc(-c3ccc4c(c3)CCN(C(=O)CN)CC4)no2)ccc1OCC(F)(F)F. The first kappa shape index (κ1) is 26.0. The molecule has 4 rings (SSSR count). The second-order valence-corrected chi connectivity index (χ2v) is 7.72. The van der Waals surface area contributed by atoms with Gasteiger partial charge < -0.3 is 19.9 Å². The lowest BCUT2D eigenvalue weighted by Gasteiger charge is -2.18. The Morgan fingerprint density at radius 3 is 2.54 bits per heavy atom. The van der Waals surface area contributed by atoms with Crippen molar-refractivity contribution in [2.45, 2.75) is 19.0 Å². The van der Waals surface area contributed by atoms with Crippen LogP contribution in [-0.4, -0.2) is 53.4 Å². The Labute approximate surface area is 204 Å². The molecule has 0 saturated carbocycles. The molecule has 2 heterocycles. The highest BCUT2D eigenvalue weighted by Crippen LogP contribution is 2.29. The first-order valence-corrected chi connectivity index (χ1v) is 10.4. The Morgan fingerprint density at radius 2 is 1.86 bits per heavy atom. The van der Waals surface area contributed by atoms with Gasteiger partial charge in [-0.2, -0.15) is 23.4 Å². The van der Waals surface area contributed by atoms with Crippen molar-refractivity contribution in [3.63, 3.8) is 0 Å². The third-order valence-corrected chi connectivity index (χ3v) is 5.46. The number of rotatable bonds is 5. The highest BCUT2D eigenvalue weighted by Gasteiger charge is 2.29. The molecular weight excluding hydrogens is 487 g/mol. The molecule has 8 nitrogen and oxygen atoms in total. The van der Waals surface area contributed by atoms with Crippen LogP contribution in [0.3, 0.4) is 0 Å². The van der Waals surface area contributed by atoms with Crippen LogP contribution in [0.25, 0.3) is 22.8 Å². The Hall–Kier alpha value is -3.62. The number of carbonyl (C=O) groups is 1. The molecule has 0 radical (unpaired) electrons. The van der Waals surface area contributed by atoms with E-state index in [1.807, 2.05) is 24.3 Å². The summed E-state index contributed by atoms with van der Waals surface area (Å²) in [6.45, 7) is -0.333. The molecule has 35 heavy (non-hydrogen) atoms. The summed E-state index contributed by atoms with van der Waals surface area (Å²) in [7, 11) is 0. The number of amides is 1. The predicted molar refractivity (Wildman–Crippen MR) is 122 cm³/mol. The zero-order valence-corrected chi connectivity index (χ0v) is 19.2. The highest BCUT2D eigenvalue weighted by molar-refractivity contribution is 5.85. The predicted octanol–water partition coefficient (Wildman–Crippen LogP) is 3.52. The standard InChI is InChI=1S/C23H20F3N5O3.ClH/c24-23(25,26)13-33-19-4-3-17(10-18(19)11-27)22-29-21(30-34-22)16-2-1-14-5-7-31(20(32)12-28)8-6-15(14)9-16;/h1-4,9-10H,5-8,12-13,28H2;1H. The monoisotopic (exact) mass is 507 g/mol. The summed E-state index contributed by atoms with van der Waals surface area (Å²) in [5.41, 5.74) is 8.71. The van der Waals surface area contributed by atoms with Gasteiger partial charge >= 0.3 is 6.18 Å². The van der Waals surface area contributed by atoms with Crippen molar-refractivity contribution >= 4 is 18.3 Å². The van der Waals surface area contributed by atoms with Crippen LogP contribution in [-0.2, 0) is 17.6 Å². The maximum atomic E-state index is 12.4. The van der Waals surface area contributed by atoms with Gasteiger partial charge in [-0.1, -0.05) is 17.3 Å². The van der Waals surface area contributed by atoms with Crippen molar-refractivity contribution in [2.24, 2.45) is 5.73 Å². The number of halogens is 4. The van der Waals surface area contributed by atoms with Crippen LogP contribution in [0.5, 0.6) is 5.75 Å². The van der Waals surface area contributed by atoms with Gasteiger partial charge in [-0.3, -0.25) is 4.79 Å². The number of alkyl halides is 3. The van der Waals surface area contributed by atoms with E-state index in [0.29, 0.717) is 30.9 Å². The van der Waals surface area contributed by atoms with E-state index in [9.17, 15) is 23.2 Å². The molecule has 0 saturated heterocycles. The molecule has 1 amide bonds. The van der Waals surface area contributed by atoms with E-state index in [2.05, 4.69) is 10.1 Å². The molecular formula is C23H21ClF3N5O3. The largest absolute Gasteiger partial charge is 0.483 e. The van der Waals surface area contributed by atoms with Crippen molar-refractivity contribution < 1.29 is 27.2 Å². The first-order chi connectivity index (χ1) is 16.3. The van der Waals surface area contributed by atoms with Crippen LogP contribution >= 0.6 is 12.4 Å². The summed E-state index contributed by atoms with van der Waals surface area (Å²) in [5.74, 6) is 0.176. The number of fused-ring (bicyclic) bond motifs is 1. The maximum absolute atomic E-state index is 12.4. The van der Waals surface area contributed by atoms with Crippen molar-refractivity contribution in [1.29, 1.82) is 5.26 Å². The summed E-state index contributed by atoms with van der Waals surface area (Å²) in [5, 5.41) is 13.3. The van der Waals surface area contributed by atoms with Crippen LogP contribution in [0.15, 0.2) is 40.9 Å². The number of aromatic nitrogens is 2. The fourth-order valence-corrected chi connectivity index (χ4v) is 3.74. The molecule has 0 unspecified atom stereocenters. The first-order valence-electron chi connectivity index (χ1n) is 10.4. The van der Waals surface area contributed by atoms with Gasteiger partial charge in [0, 0.05) is 24.2 Å². The van der Waals surface area contributed by atoms with Crippen LogP contribution < -0.4 is 10.5 Å². The smallest absolute Gasteiger partial charge is 0.422 e. The average Bonchev–Trinajstić information content (AvgIpc) is 3.22. The van der Waals surface area contributed by atoms with E-state index in [-0.39, 0.29) is 42.1 Å². The van der Waals surface area contributed by atoms with E-state index in [0.717, 1.165) is 23.1 Å². The van der Waals surface area contributed by atoms with Gasteiger partial charge in [0.2, 0.25) is 11.7 Å². The maximum Gasteiger partial charge on any atom is 0.422 e. The molecule has 1 aliphatic rings.